The number of hydrogen-bond acceptors (Lipinski definition) is 6. The van der Waals surface area contributed by atoms with Crippen molar-refractivity contribution >= 4 is 34.3 Å². The molecule has 3 heterocycles. The molecule has 9 nitrogen and oxygen atoms in total. The van der Waals surface area contributed by atoms with Crippen molar-refractivity contribution < 1.29 is 28.9 Å². The number of morpholine rings is 1. The minimum absolute atomic E-state index is 0.148. The van der Waals surface area contributed by atoms with E-state index in [0.29, 0.717) is 72.7 Å². The van der Waals surface area contributed by atoms with Crippen LogP contribution in [0.3, 0.4) is 0 Å². The Morgan fingerprint density at radius 1 is 0.976 bits per heavy atom. The number of ether oxygens (including phenoxy) is 3. The van der Waals surface area contributed by atoms with Crippen molar-refractivity contribution in [1.82, 2.24) is 15.2 Å². The summed E-state index contributed by atoms with van der Waals surface area (Å²) in [6, 6.07) is 16.5. The molecule has 0 bridgehead atoms. The molecule has 212 valence electrons. The van der Waals surface area contributed by atoms with Gasteiger partial charge in [0, 0.05) is 36.1 Å². The summed E-state index contributed by atoms with van der Waals surface area (Å²) in [4.78, 5) is 31.5. The van der Waals surface area contributed by atoms with Crippen LogP contribution in [0.4, 0.5) is 0 Å². The Labute approximate surface area is 242 Å². The van der Waals surface area contributed by atoms with Gasteiger partial charge in [0.15, 0.2) is 11.5 Å². The number of carbonyl (C=O) groups is 2. The summed E-state index contributed by atoms with van der Waals surface area (Å²) in [5.74, 6) is -0.303. The number of nitrogens with zero attached hydrogens (tertiary/aromatic N) is 1. The first-order valence-electron chi connectivity index (χ1n) is 13.6. The molecular formula is C31H30ClN3O6. The highest BCUT2D eigenvalue weighted by molar-refractivity contribution is 6.34. The third-order valence-electron chi connectivity index (χ3n) is 7.58. The molecule has 41 heavy (non-hydrogen) atoms. The summed E-state index contributed by atoms with van der Waals surface area (Å²) in [5, 5.41) is 15.0. The Morgan fingerprint density at radius 3 is 2.56 bits per heavy atom. The fraction of sp³-hybridized carbons (Fsp3) is 0.290. The van der Waals surface area contributed by atoms with Crippen LogP contribution in [0.5, 0.6) is 11.5 Å². The van der Waals surface area contributed by atoms with Gasteiger partial charge in [-0.3, -0.25) is 9.59 Å². The Bertz CT molecular complexity index is 1610. The van der Waals surface area contributed by atoms with Crippen LogP contribution in [0.15, 0.2) is 60.8 Å². The van der Waals surface area contributed by atoms with Crippen LogP contribution in [0.2, 0.25) is 5.02 Å². The first-order valence-corrected chi connectivity index (χ1v) is 13.9. The molecule has 0 radical (unpaired) electrons. The quantitative estimate of drug-likeness (QED) is 0.290. The number of para-hydroxylation sites is 1. The normalized spacial score (nSPS) is 16.3. The minimum Gasteiger partial charge on any atom is -0.486 e. The standard InChI is InChI=1S/C31H30ClN3O6/c1-18(24-17-33-26-5-3-2-4-21(24)26)29(36)34-30(37)23-14-20(16-27-28(23)41-13-12-40-27)19-6-7-22(25(32)15-19)31(38)35-8-10-39-11-9-35/h2-7,14-18,29,33,36H,8-13H2,1H3,(H,34,37)/t18?,29-/m1/s1. The first kappa shape index (κ1) is 27.1. The minimum atomic E-state index is -1.16. The van der Waals surface area contributed by atoms with Gasteiger partial charge >= 0.3 is 0 Å². The number of nitrogens with one attached hydrogen (secondary N) is 2. The number of H-pyrrole nitrogens is 1. The van der Waals surface area contributed by atoms with Crippen LogP contribution in [-0.4, -0.2) is 72.5 Å². The molecule has 1 aromatic heterocycles. The highest BCUT2D eigenvalue weighted by Crippen LogP contribution is 2.39. The zero-order chi connectivity index (χ0) is 28.5. The Hall–Kier alpha value is -4.05. The van der Waals surface area contributed by atoms with E-state index in [1.807, 2.05) is 37.4 Å². The maximum absolute atomic E-state index is 13.5. The molecule has 0 aliphatic carbocycles. The molecule has 3 N–H and O–H groups in total. The van der Waals surface area contributed by atoms with Crippen LogP contribution in [-0.2, 0) is 4.74 Å². The summed E-state index contributed by atoms with van der Waals surface area (Å²) in [7, 11) is 0. The second-order valence-corrected chi connectivity index (χ2v) is 10.6. The zero-order valence-corrected chi connectivity index (χ0v) is 23.2. The number of carbonyl (C=O) groups excluding carboxylic acids is 2. The average Bonchev–Trinajstić information content (AvgIpc) is 3.44. The van der Waals surface area contributed by atoms with Gasteiger partial charge in [0.2, 0.25) is 0 Å². The SMILES string of the molecule is CC(c1c[nH]c2ccccc12)[C@@H](O)NC(=O)c1cc(-c2ccc(C(=O)N3CCOCC3)c(Cl)c2)cc2c1OCCO2. The molecule has 2 atom stereocenters. The van der Waals surface area contributed by atoms with Gasteiger partial charge in [0.05, 0.1) is 29.4 Å². The average molecular weight is 576 g/mol. The van der Waals surface area contributed by atoms with Crippen LogP contribution in [0, 0.1) is 0 Å². The number of fused-ring (bicyclic) bond motifs is 2. The number of amides is 2. The molecule has 10 heteroatoms. The highest BCUT2D eigenvalue weighted by atomic mass is 35.5. The molecule has 0 spiro atoms. The van der Waals surface area contributed by atoms with E-state index in [1.54, 1.807) is 35.2 Å². The van der Waals surface area contributed by atoms with Gasteiger partial charge in [-0.05, 0) is 47.0 Å². The Kier molecular flexibility index (Phi) is 7.57. The van der Waals surface area contributed by atoms with E-state index in [2.05, 4.69) is 10.3 Å². The number of aromatic amines is 1. The summed E-state index contributed by atoms with van der Waals surface area (Å²) in [6.45, 7) is 4.52. The van der Waals surface area contributed by atoms with Crippen LogP contribution >= 0.6 is 11.6 Å². The van der Waals surface area contributed by atoms with E-state index in [0.717, 1.165) is 16.5 Å². The lowest BCUT2D eigenvalue weighted by molar-refractivity contribution is 0.0303. The molecule has 2 aliphatic rings. The molecule has 2 aliphatic heterocycles. The maximum atomic E-state index is 13.5. The number of benzene rings is 3. The number of halogens is 1. The van der Waals surface area contributed by atoms with E-state index in [1.165, 1.54) is 0 Å². The lowest BCUT2D eigenvalue weighted by atomic mass is 9.97. The molecule has 3 aromatic carbocycles. The van der Waals surface area contributed by atoms with Crippen LogP contribution < -0.4 is 14.8 Å². The second-order valence-electron chi connectivity index (χ2n) is 10.1. The molecule has 1 saturated heterocycles. The van der Waals surface area contributed by atoms with Crippen molar-refractivity contribution in [2.24, 2.45) is 0 Å². The Morgan fingerprint density at radius 2 is 1.76 bits per heavy atom. The molecular weight excluding hydrogens is 546 g/mol. The van der Waals surface area contributed by atoms with Gasteiger partial charge in [-0.1, -0.05) is 42.8 Å². The molecule has 0 saturated carbocycles. The third-order valence-corrected chi connectivity index (χ3v) is 7.89. The number of aromatic nitrogens is 1. The van der Waals surface area contributed by atoms with Crippen molar-refractivity contribution in [1.29, 1.82) is 0 Å². The molecule has 1 unspecified atom stereocenters. The van der Waals surface area contributed by atoms with Crippen molar-refractivity contribution in [2.45, 2.75) is 19.1 Å². The fourth-order valence-corrected chi connectivity index (χ4v) is 5.53. The zero-order valence-electron chi connectivity index (χ0n) is 22.5. The van der Waals surface area contributed by atoms with Gasteiger partial charge in [-0.25, -0.2) is 0 Å². The van der Waals surface area contributed by atoms with E-state index >= 15 is 0 Å². The van der Waals surface area contributed by atoms with Crippen molar-refractivity contribution in [2.75, 3.05) is 39.5 Å². The van der Waals surface area contributed by atoms with Crippen molar-refractivity contribution in [3.05, 3.63) is 82.5 Å². The highest BCUT2D eigenvalue weighted by Gasteiger charge is 2.27. The Balaban J connectivity index is 1.27. The van der Waals surface area contributed by atoms with Crippen molar-refractivity contribution in [3.63, 3.8) is 0 Å². The fourth-order valence-electron chi connectivity index (χ4n) is 5.27. The first-order chi connectivity index (χ1) is 19.9. The van der Waals surface area contributed by atoms with Gasteiger partial charge in [-0.15, -0.1) is 0 Å². The lowest BCUT2D eigenvalue weighted by Crippen LogP contribution is -2.40. The van der Waals surface area contributed by atoms with Gasteiger partial charge in [0.1, 0.15) is 19.4 Å². The molecule has 1 fully saturated rings. The summed E-state index contributed by atoms with van der Waals surface area (Å²) >= 11 is 6.58. The number of rotatable bonds is 6. The monoisotopic (exact) mass is 575 g/mol. The lowest BCUT2D eigenvalue weighted by Gasteiger charge is -2.27. The van der Waals surface area contributed by atoms with E-state index < -0.39 is 12.1 Å². The molecule has 4 aromatic rings. The molecule has 2 amide bonds. The molecule has 6 rings (SSSR count). The summed E-state index contributed by atoms with van der Waals surface area (Å²) in [5.41, 5.74) is 3.84. The predicted molar refractivity (Wildman–Crippen MR) is 155 cm³/mol. The van der Waals surface area contributed by atoms with E-state index in [-0.39, 0.29) is 17.4 Å². The third kappa shape index (κ3) is 5.36. The predicted octanol–water partition coefficient (Wildman–Crippen LogP) is 4.58. The van der Waals surface area contributed by atoms with Crippen molar-refractivity contribution in [3.8, 4) is 22.6 Å². The van der Waals surface area contributed by atoms with Gasteiger partial charge in [0.25, 0.3) is 11.8 Å². The van der Waals surface area contributed by atoms with Crippen LogP contribution in [0.1, 0.15) is 39.1 Å². The summed E-state index contributed by atoms with van der Waals surface area (Å²) in [6.07, 6.45) is 0.687. The van der Waals surface area contributed by atoms with Gasteiger partial charge in [-0.2, -0.15) is 0 Å². The maximum Gasteiger partial charge on any atom is 0.257 e. The largest absolute Gasteiger partial charge is 0.486 e. The number of aliphatic hydroxyl groups excluding tert-OH is 1. The second kappa shape index (κ2) is 11.4. The summed E-state index contributed by atoms with van der Waals surface area (Å²) < 4.78 is 17.0. The van der Waals surface area contributed by atoms with Gasteiger partial charge < -0.3 is 34.5 Å². The number of hydrogen-bond donors (Lipinski definition) is 3. The topological polar surface area (TPSA) is 113 Å². The van der Waals surface area contributed by atoms with Crippen LogP contribution in [0.25, 0.3) is 22.0 Å². The number of aliphatic hydroxyl groups is 1. The van der Waals surface area contributed by atoms with E-state index in [4.69, 9.17) is 25.8 Å². The van der Waals surface area contributed by atoms with E-state index in [9.17, 15) is 14.7 Å². The smallest absolute Gasteiger partial charge is 0.257 e.